The van der Waals surface area contributed by atoms with E-state index in [0.717, 1.165) is 64.7 Å². The predicted octanol–water partition coefficient (Wildman–Crippen LogP) is 7.42. The Balaban J connectivity index is 0.000000175. The molecule has 1 atom stereocenters. The van der Waals surface area contributed by atoms with Gasteiger partial charge in [-0.2, -0.15) is 0 Å². The number of hydrogen-bond acceptors (Lipinski definition) is 9. The molecule has 50 heavy (non-hydrogen) atoms. The average Bonchev–Trinajstić information content (AvgIpc) is 3.69. The van der Waals surface area contributed by atoms with Crippen LogP contribution in [0.4, 0.5) is 34.6 Å². The smallest absolute Gasteiger partial charge is 0.242 e. The largest absolute Gasteiger partial charge is 0.340 e. The number of benzene rings is 2. The number of carbonyl (C=O) groups excluding carboxylic acids is 2. The number of rotatable bonds is 9. The first-order valence-electron chi connectivity index (χ1n) is 16.3. The predicted molar refractivity (Wildman–Crippen MR) is 198 cm³/mol. The molecule has 2 amide bonds. The number of anilines is 6. The van der Waals surface area contributed by atoms with E-state index in [2.05, 4.69) is 46.5 Å². The third-order valence-electron chi connectivity index (χ3n) is 7.73. The van der Waals surface area contributed by atoms with Crippen LogP contribution in [0.2, 0.25) is 0 Å². The summed E-state index contributed by atoms with van der Waals surface area (Å²) in [6.45, 7) is 2.35. The van der Waals surface area contributed by atoms with E-state index in [-0.39, 0.29) is 17.9 Å². The second-order valence-corrected chi connectivity index (χ2v) is 11.5. The number of amides is 2. The van der Waals surface area contributed by atoms with Crippen LogP contribution in [0.5, 0.6) is 0 Å². The summed E-state index contributed by atoms with van der Waals surface area (Å²) in [4.78, 5) is 40.6. The molecule has 250 valence electrons. The van der Waals surface area contributed by atoms with Gasteiger partial charge in [0.2, 0.25) is 11.8 Å². The Morgan fingerprint density at radius 2 is 1.00 bits per heavy atom. The minimum absolute atomic E-state index is 0.0293. The molecule has 7 rings (SSSR count). The van der Waals surface area contributed by atoms with Crippen molar-refractivity contribution in [3.63, 3.8) is 0 Å². The van der Waals surface area contributed by atoms with Gasteiger partial charge in [-0.1, -0.05) is 36.4 Å². The molecule has 11 nitrogen and oxygen atoms in total. The number of pyridine rings is 4. The second kappa shape index (κ2) is 16.6. The molecule has 2 aromatic carbocycles. The zero-order valence-electron chi connectivity index (χ0n) is 27.5. The van der Waals surface area contributed by atoms with Crippen molar-refractivity contribution >= 4 is 46.5 Å². The van der Waals surface area contributed by atoms with Gasteiger partial charge in [-0.05, 0) is 114 Å². The Labute approximate surface area is 290 Å². The number of aromatic nitrogens is 4. The molecular weight excluding hydrogens is 626 g/mol. The summed E-state index contributed by atoms with van der Waals surface area (Å²) >= 11 is 0. The van der Waals surface area contributed by atoms with Crippen LogP contribution < -0.4 is 26.6 Å². The van der Waals surface area contributed by atoms with E-state index in [1.165, 1.54) is 6.92 Å². The molecule has 0 bridgehead atoms. The molecule has 0 radical (unpaired) electrons. The third-order valence-corrected chi connectivity index (χ3v) is 7.73. The molecule has 0 saturated carbocycles. The Morgan fingerprint density at radius 3 is 1.42 bits per heavy atom. The third kappa shape index (κ3) is 9.55. The van der Waals surface area contributed by atoms with E-state index in [4.69, 9.17) is 0 Å². The summed E-state index contributed by atoms with van der Waals surface area (Å²) in [6.07, 6.45) is 8.79. The van der Waals surface area contributed by atoms with E-state index in [0.29, 0.717) is 11.6 Å². The van der Waals surface area contributed by atoms with Gasteiger partial charge in [-0.15, -0.1) is 0 Å². The highest BCUT2D eigenvalue weighted by Crippen LogP contribution is 2.26. The van der Waals surface area contributed by atoms with Gasteiger partial charge in [-0.3, -0.25) is 9.59 Å². The Hall–Kier alpha value is -6.46. The average molecular weight is 664 g/mol. The van der Waals surface area contributed by atoms with Crippen LogP contribution in [0.1, 0.15) is 19.8 Å². The van der Waals surface area contributed by atoms with Gasteiger partial charge < -0.3 is 26.6 Å². The summed E-state index contributed by atoms with van der Waals surface area (Å²) < 4.78 is 0. The van der Waals surface area contributed by atoms with Crippen LogP contribution >= 0.6 is 0 Å². The lowest BCUT2D eigenvalue weighted by atomic mass is 10.1. The van der Waals surface area contributed by atoms with Gasteiger partial charge in [0.05, 0.1) is 6.04 Å². The van der Waals surface area contributed by atoms with Gasteiger partial charge in [-0.25, -0.2) is 19.9 Å². The Kier molecular flexibility index (Phi) is 11.1. The van der Waals surface area contributed by atoms with E-state index in [1.54, 1.807) is 24.8 Å². The minimum atomic E-state index is -0.143. The lowest BCUT2D eigenvalue weighted by Crippen LogP contribution is -2.35. The fourth-order valence-electron chi connectivity index (χ4n) is 5.35. The van der Waals surface area contributed by atoms with E-state index >= 15 is 0 Å². The number of nitrogens with zero attached hydrogens (tertiary/aromatic N) is 4. The summed E-state index contributed by atoms with van der Waals surface area (Å²) in [7, 11) is 0. The van der Waals surface area contributed by atoms with Crippen molar-refractivity contribution in [2.24, 2.45) is 0 Å². The second-order valence-electron chi connectivity index (χ2n) is 11.5. The molecule has 1 aliphatic heterocycles. The van der Waals surface area contributed by atoms with E-state index in [1.807, 2.05) is 109 Å². The van der Waals surface area contributed by atoms with Gasteiger partial charge in [0, 0.05) is 43.1 Å². The number of hydrogen-bond donors (Lipinski definition) is 5. The van der Waals surface area contributed by atoms with Crippen molar-refractivity contribution in [2.45, 2.75) is 25.8 Å². The summed E-state index contributed by atoms with van der Waals surface area (Å²) in [5, 5.41) is 15.3. The van der Waals surface area contributed by atoms with Gasteiger partial charge >= 0.3 is 0 Å². The molecular formula is C39H37N9O2. The minimum Gasteiger partial charge on any atom is -0.340 e. The van der Waals surface area contributed by atoms with Crippen molar-refractivity contribution in [2.75, 3.05) is 27.8 Å². The van der Waals surface area contributed by atoms with Gasteiger partial charge in [0.1, 0.15) is 23.3 Å². The Bertz CT molecular complexity index is 2040. The maximum absolute atomic E-state index is 12.3. The molecule has 1 fully saturated rings. The highest BCUT2D eigenvalue weighted by atomic mass is 16.2. The SMILES string of the molecule is CC(=O)Nc1cc(-c2ccnc(Nc3ccccc3)c2)ccn1.O=C(Nc1cc(-c2ccnc(Nc3ccccc3)c2)ccn1)[C@@H]1CCCN1. The zero-order valence-corrected chi connectivity index (χ0v) is 27.5. The van der Waals surface area contributed by atoms with E-state index in [9.17, 15) is 9.59 Å². The quantitative estimate of drug-likeness (QED) is 0.107. The highest BCUT2D eigenvalue weighted by molar-refractivity contribution is 5.94. The monoisotopic (exact) mass is 663 g/mol. The van der Waals surface area contributed by atoms with Crippen LogP contribution in [0, 0.1) is 0 Å². The highest BCUT2D eigenvalue weighted by Gasteiger charge is 2.22. The molecule has 1 saturated heterocycles. The van der Waals surface area contributed by atoms with Crippen molar-refractivity contribution in [3.8, 4) is 22.3 Å². The number of nitrogens with one attached hydrogen (secondary N) is 5. The van der Waals surface area contributed by atoms with E-state index < -0.39 is 0 Å². The van der Waals surface area contributed by atoms with Crippen LogP contribution in [0.25, 0.3) is 22.3 Å². The van der Waals surface area contributed by atoms with Crippen LogP contribution in [-0.2, 0) is 9.59 Å². The molecule has 5 heterocycles. The van der Waals surface area contributed by atoms with Crippen LogP contribution in [0.15, 0.2) is 134 Å². The molecule has 5 N–H and O–H groups in total. The fraction of sp³-hybridized carbons (Fsp3) is 0.128. The maximum atomic E-state index is 12.3. The number of carbonyl (C=O) groups is 2. The van der Waals surface area contributed by atoms with Crippen molar-refractivity contribution in [1.29, 1.82) is 0 Å². The first-order valence-corrected chi connectivity index (χ1v) is 16.3. The van der Waals surface area contributed by atoms with Crippen molar-refractivity contribution < 1.29 is 9.59 Å². The molecule has 1 aliphatic rings. The lowest BCUT2D eigenvalue weighted by molar-refractivity contribution is -0.118. The molecule has 6 aromatic rings. The van der Waals surface area contributed by atoms with Crippen LogP contribution in [0.3, 0.4) is 0 Å². The standard InChI is InChI=1S/C21H21N5O.C18H16N4O/c27-21(18-7-4-10-22-18)26-20-14-16(9-12-24-20)15-8-11-23-19(13-15)25-17-5-2-1-3-6-17;1-13(23)21-17-11-14(7-9-19-17)15-8-10-20-18(12-15)22-16-5-3-2-4-6-16/h1-3,5-6,8-9,11-14,18,22H,4,7,10H2,(H,23,25)(H,24,26,27);2-12H,1H3,(H,20,22)(H,19,21,23)/t18-;/m0./s1. The maximum Gasteiger partial charge on any atom is 0.242 e. The topological polar surface area (TPSA) is 146 Å². The zero-order chi connectivity index (χ0) is 34.5. The first kappa shape index (κ1) is 33.4. The normalized spacial score (nSPS) is 13.3. The first-order chi connectivity index (χ1) is 24.5. The molecule has 4 aromatic heterocycles. The summed E-state index contributed by atoms with van der Waals surface area (Å²) in [5.74, 6) is 2.43. The molecule has 0 spiro atoms. The van der Waals surface area contributed by atoms with Crippen molar-refractivity contribution in [3.05, 3.63) is 134 Å². The fourth-order valence-corrected chi connectivity index (χ4v) is 5.35. The molecule has 0 unspecified atom stereocenters. The van der Waals surface area contributed by atoms with Crippen LogP contribution in [-0.4, -0.2) is 44.3 Å². The van der Waals surface area contributed by atoms with Gasteiger partial charge in [0.15, 0.2) is 0 Å². The lowest BCUT2D eigenvalue weighted by Gasteiger charge is -2.12. The molecule has 11 heteroatoms. The molecule has 0 aliphatic carbocycles. The van der Waals surface area contributed by atoms with Crippen molar-refractivity contribution in [1.82, 2.24) is 25.3 Å². The Morgan fingerprint density at radius 1 is 0.580 bits per heavy atom. The summed E-state index contributed by atoms with van der Waals surface area (Å²) in [5.41, 5.74) is 5.88. The summed E-state index contributed by atoms with van der Waals surface area (Å²) in [6, 6.07) is 35.0. The van der Waals surface area contributed by atoms with Gasteiger partial charge in [0.25, 0.3) is 0 Å². The number of para-hydroxylation sites is 2.